The fourth-order valence-corrected chi connectivity index (χ4v) is 0. The molecule has 3 heteroatoms. The van der Waals surface area contributed by atoms with Gasteiger partial charge in [-0.15, -0.1) is 0 Å². The van der Waals surface area contributed by atoms with Crippen molar-refractivity contribution >= 4 is 11.9 Å². The molecule has 0 aliphatic heterocycles. The van der Waals surface area contributed by atoms with Crippen molar-refractivity contribution in [1.29, 1.82) is 5.26 Å². The van der Waals surface area contributed by atoms with Crippen molar-refractivity contribution in [2.24, 2.45) is 5.14 Å². The SMILES string of the molecule is N#CSN. The minimum atomic E-state index is 0.662. The van der Waals surface area contributed by atoms with Gasteiger partial charge in [-0.2, -0.15) is 5.26 Å². The van der Waals surface area contributed by atoms with Gasteiger partial charge in [0, 0.05) is 11.9 Å². The van der Waals surface area contributed by atoms with Gasteiger partial charge in [-0.25, -0.2) is 0 Å². The maximum atomic E-state index is 7.46. The molecule has 22 valence electrons. The van der Waals surface area contributed by atoms with Crippen molar-refractivity contribution < 1.29 is 0 Å². The maximum Gasteiger partial charge on any atom is 0.149 e. The first-order valence-corrected chi connectivity index (χ1v) is 1.54. The van der Waals surface area contributed by atoms with Gasteiger partial charge in [-0.3, -0.25) is 5.14 Å². The van der Waals surface area contributed by atoms with Gasteiger partial charge in [-0.05, 0) is 0 Å². The van der Waals surface area contributed by atoms with Crippen LogP contribution in [0.3, 0.4) is 0 Å². The van der Waals surface area contributed by atoms with E-state index in [1.807, 2.05) is 0 Å². The Labute approximate surface area is 28.7 Å². The Morgan fingerprint density at radius 1 is 2.00 bits per heavy atom. The minimum Gasteiger partial charge on any atom is -0.265 e. The lowest BCUT2D eigenvalue weighted by atomic mass is 11.8. The number of hydrogen-bond donors (Lipinski definition) is 1. The summed E-state index contributed by atoms with van der Waals surface area (Å²) in [4.78, 5) is 0. The van der Waals surface area contributed by atoms with E-state index in [1.54, 1.807) is 5.40 Å². The molecule has 0 radical (unpaired) electrons. The molecule has 4 heavy (non-hydrogen) atoms. The zero-order valence-corrected chi connectivity index (χ0v) is 2.75. The zero-order valence-electron chi connectivity index (χ0n) is 1.93. The number of thiocyanates is 1. The topological polar surface area (TPSA) is 49.8 Å². The highest BCUT2D eigenvalue weighted by atomic mass is 32.2. The van der Waals surface area contributed by atoms with Crippen LogP contribution in [0, 0.1) is 10.7 Å². The quantitative estimate of drug-likeness (QED) is 0.327. The summed E-state index contributed by atoms with van der Waals surface area (Å²) in [6.07, 6.45) is 0. The van der Waals surface area contributed by atoms with Crippen LogP contribution in [-0.4, -0.2) is 0 Å². The van der Waals surface area contributed by atoms with E-state index in [0.29, 0.717) is 11.9 Å². The second-order valence-electron chi connectivity index (χ2n) is 0.209. The number of nitriles is 1. The predicted molar refractivity (Wildman–Crippen MR) is 17.4 cm³/mol. The molecule has 0 unspecified atom stereocenters. The van der Waals surface area contributed by atoms with E-state index in [9.17, 15) is 0 Å². The third-order valence-electron chi connectivity index (χ3n) is 0.0527. The first kappa shape index (κ1) is 3.80. The molecule has 0 aromatic rings. The molecular weight excluding hydrogens is 72.1 g/mol. The van der Waals surface area contributed by atoms with Gasteiger partial charge in [0.25, 0.3) is 0 Å². The average Bonchev–Trinajstić information content (AvgIpc) is 1.37. The van der Waals surface area contributed by atoms with Crippen molar-refractivity contribution in [3.63, 3.8) is 0 Å². The molecule has 0 spiro atoms. The number of nitrogens with two attached hydrogens (primary N) is 1. The summed E-state index contributed by atoms with van der Waals surface area (Å²) in [5.74, 6) is 0. The molecule has 2 nitrogen and oxygen atoms in total. The first-order valence-electron chi connectivity index (χ1n) is 0.663. The monoisotopic (exact) mass is 74.0 g/mol. The number of nitrogens with zero attached hydrogens (tertiary/aromatic N) is 1. The Morgan fingerprint density at radius 3 is 2.25 bits per heavy atom. The molecule has 2 N–H and O–H groups in total. The fourth-order valence-electron chi connectivity index (χ4n) is 0. The van der Waals surface area contributed by atoms with Crippen molar-refractivity contribution in [2.75, 3.05) is 0 Å². The third kappa shape index (κ3) is 1.80. The second kappa shape index (κ2) is 2.80. The maximum absolute atomic E-state index is 7.46. The summed E-state index contributed by atoms with van der Waals surface area (Å²) in [5.41, 5.74) is 0. The summed E-state index contributed by atoms with van der Waals surface area (Å²) in [5, 5.41) is 13.7. The van der Waals surface area contributed by atoms with Crippen LogP contribution < -0.4 is 5.14 Å². The van der Waals surface area contributed by atoms with Crippen LogP contribution in [0.2, 0.25) is 0 Å². The van der Waals surface area contributed by atoms with E-state index in [4.69, 9.17) is 5.26 Å². The Kier molecular flexibility index (Phi) is 2.66. The van der Waals surface area contributed by atoms with E-state index in [0.717, 1.165) is 0 Å². The lowest BCUT2D eigenvalue weighted by Crippen LogP contribution is -1.64. The Bertz CT molecular complexity index is 35.8. The van der Waals surface area contributed by atoms with Crippen LogP contribution in [0.25, 0.3) is 0 Å². The summed E-state index contributed by atoms with van der Waals surface area (Å²) >= 11 is 0.662. The summed E-state index contributed by atoms with van der Waals surface area (Å²) in [6, 6.07) is 0. The molecule has 0 aliphatic carbocycles. The van der Waals surface area contributed by atoms with Crippen LogP contribution in [0.5, 0.6) is 0 Å². The molecule has 0 aliphatic rings. The molecule has 0 rings (SSSR count). The minimum absolute atomic E-state index is 0.662. The normalized spacial score (nSPS) is 5.00. The van der Waals surface area contributed by atoms with E-state index < -0.39 is 0 Å². The van der Waals surface area contributed by atoms with Crippen LogP contribution >= 0.6 is 11.9 Å². The van der Waals surface area contributed by atoms with Crippen molar-refractivity contribution in [3.8, 4) is 5.40 Å². The summed E-state index contributed by atoms with van der Waals surface area (Å²) in [7, 11) is 0. The van der Waals surface area contributed by atoms with Gasteiger partial charge in [0.1, 0.15) is 5.40 Å². The smallest absolute Gasteiger partial charge is 0.149 e. The van der Waals surface area contributed by atoms with Gasteiger partial charge >= 0.3 is 0 Å². The Morgan fingerprint density at radius 2 is 2.25 bits per heavy atom. The van der Waals surface area contributed by atoms with Crippen molar-refractivity contribution in [1.82, 2.24) is 0 Å². The predicted octanol–water partition coefficient (Wildman–Crippen LogP) is 0.0744. The molecule has 0 saturated heterocycles. The van der Waals surface area contributed by atoms with E-state index in [-0.39, 0.29) is 0 Å². The lowest BCUT2D eigenvalue weighted by molar-refractivity contribution is 1.57. The largest absolute Gasteiger partial charge is 0.265 e. The van der Waals surface area contributed by atoms with Crippen LogP contribution in [0.15, 0.2) is 0 Å². The molecule has 0 aromatic carbocycles. The van der Waals surface area contributed by atoms with Gasteiger partial charge < -0.3 is 0 Å². The Hall–Kier alpha value is -0.200. The summed E-state index contributed by atoms with van der Waals surface area (Å²) < 4.78 is 0. The standard InChI is InChI=1S/CH2N2S/c2-1-4-3/h3H2. The fraction of sp³-hybridized carbons (Fsp3) is 0. The van der Waals surface area contributed by atoms with E-state index >= 15 is 0 Å². The number of hydrogen-bond acceptors (Lipinski definition) is 3. The molecule has 0 fully saturated rings. The van der Waals surface area contributed by atoms with E-state index in [1.165, 1.54) is 0 Å². The van der Waals surface area contributed by atoms with Crippen molar-refractivity contribution in [2.45, 2.75) is 0 Å². The molecule has 0 amide bonds. The third-order valence-corrected chi connectivity index (χ3v) is 0.158. The first-order chi connectivity index (χ1) is 1.91. The molecule has 0 heterocycles. The molecule has 0 atom stereocenters. The van der Waals surface area contributed by atoms with Crippen LogP contribution in [0.1, 0.15) is 0 Å². The highest BCUT2D eigenvalue weighted by Crippen LogP contribution is 1.69. The lowest BCUT2D eigenvalue weighted by Gasteiger charge is -1.50. The van der Waals surface area contributed by atoms with Crippen LogP contribution in [-0.2, 0) is 0 Å². The summed E-state index contributed by atoms with van der Waals surface area (Å²) in [6.45, 7) is 0. The Balaban J connectivity index is 2.43. The molecular formula is CH2N2S. The number of rotatable bonds is 0. The molecule has 0 bridgehead atoms. The van der Waals surface area contributed by atoms with Gasteiger partial charge in [0.2, 0.25) is 0 Å². The average molecular weight is 74.1 g/mol. The van der Waals surface area contributed by atoms with Gasteiger partial charge in [0.05, 0.1) is 0 Å². The van der Waals surface area contributed by atoms with E-state index in [2.05, 4.69) is 5.14 Å². The van der Waals surface area contributed by atoms with Gasteiger partial charge in [0.15, 0.2) is 0 Å². The van der Waals surface area contributed by atoms with Gasteiger partial charge in [-0.1, -0.05) is 0 Å². The van der Waals surface area contributed by atoms with Crippen molar-refractivity contribution in [3.05, 3.63) is 0 Å². The molecule has 0 saturated carbocycles. The second-order valence-corrected chi connectivity index (χ2v) is 0.627. The highest BCUT2D eigenvalue weighted by molar-refractivity contribution is 8.01. The molecule has 0 aromatic heterocycles. The highest BCUT2D eigenvalue weighted by Gasteiger charge is 1.49. The van der Waals surface area contributed by atoms with Crippen LogP contribution in [0.4, 0.5) is 0 Å². The zero-order chi connectivity index (χ0) is 3.41.